The lowest BCUT2D eigenvalue weighted by Crippen LogP contribution is -2.14. The number of aromatic amines is 1. The molecule has 2 aromatic rings. The number of nitrogens with one attached hydrogen (secondary N) is 1. The summed E-state index contributed by atoms with van der Waals surface area (Å²) in [5.74, 6) is 0.307. The first-order chi connectivity index (χ1) is 8.63. The van der Waals surface area contributed by atoms with Crippen LogP contribution in [0.3, 0.4) is 0 Å². The fraction of sp³-hybridized carbons (Fsp3) is 0.429. The molecule has 2 rings (SSSR count). The Bertz CT molecular complexity index is 532. The topological polar surface area (TPSA) is 59.5 Å². The maximum absolute atomic E-state index is 10.0. The van der Waals surface area contributed by atoms with Gasteiger partial charge in [-0.05, 0) is 44.1 Å². The van der Waals surface area contributed by atoms with Gasteiger partial charge in [0, 0.05) is 24.7 Å². The first kappa shape index (κ1) is 12.9. The maximum atomic E-state index is 10.0. The van der Waals surface area contributed by atoms with Crippen LogP contribution in [0.5, 0.6) is 5.75 Å². The van der Waals surface area contributed by atoms with Crippen molar-refractivity contribution in [3.63, 3.8) is 0 Å². The highest BCUT2D eigenvalue weighted by molar-refractivity contribution is 5.91. The molecule has 0 fully saturated rings. The third-order valence-corrected chi connectivity index (χ3v) is 3.19. The monoisotopic (exact) mass is 248 g/mol. The molecule has 18 heavy (non-hydrogen) atoms. The molecule has 1 aromatic carbocycles. The summed E-state index contributed by atoms with van der Waals surface area (Å²) in [4.78, 5) is 5.34. The molecule has 1 aromatic heterocycles. The Morgan fingerprint density at radius 3 is 2.61 bits per heavy atom. The number of H-pyrrole nitrogens is 1. The molecule has 4 heteroatoms. The van der Waals surface area contributed by atoms with Crippen molar-refractivity contribution < 1.29 is 10.2 Å². The van der Waals surface area contributed by atoms with Gasteiger partial charge in [0.25, 0.3) is 0 Å². The third-order valence-electron chi connectivity index (χ3n) is 3.19. The summed E-state index contributed by atoms with van der Waals surface area (Å²) >= 11 is 0. The van der Waals surface area contributed by atoms with Crippen molar-refractivity contribution >= 4 is 10.9 Å². The van der Waals surface area contributed by atoms with Crippen LogP contribution >= 0.6 is 0 Å². The number of phenols is 1. The molecule has 0 radical (unpaired) electrons. The number of phenolic OH excluding ortho intramolecular Hbond substituents is 1. The molecular weight excluding hydrogens is 228 g/mol. The molecule has 3 N–H and O–H groups in total. The SMILES string of the molecule is CN(C)CCc1c[nH]c2c(CCO)ccc(O)c12. The van der Waals surface area contributed by atoms with Crippen LogP contribution in [0.1, 0.15) is 11.1 Å². The quantitative estimate of drug-likeness (QED) is 0.751. The molecule has 0 saturated carbocycles. The van der Waals surface area contributed by atoms with Crippen molar-refractivity contribution in [3.05, 3.63) is 29.5 Å². The number of likely N-dealkylation sites (N-methyl/N-ethyl adjacent to an activating group) is 1. The summed E-state index contributed by atoms with van der Waals surface area (Å²) in [5.41, 5.74) is 3.11. The number of aromatic hydroxyl groups is 1. The van der Waals surface area contributed by atoms with E-state index in [1.54, 1.807) is 6.07 Å². The zero-order chi connectivity index (χ0) is 13.1. The zero-order valence-corrected chi connectivity index (χ0v) is 10.9. The van der Waals surface area contributed by atoms with Crippen LogP contribution in [0.15, 0.2) is 18.3 Å². The minimum atomic E-state index is 0.117. The van der Waals surface area contributed by atoms with Gasteiger partial charge in [0.2, 0.25) is 0 Å². The molecule has 0 aliphatic heterocycles. The van der Waals surface area contributed by atoms with Crippen molar-refractivity contribution in [1.82, 2.24) is 9.88 Å². The van der Waals surface area contributed by atoms with Crippen LogP contribution in [-0.2, 0) is 12.8 Å². The fourth-order valence-corrected chi connectivity index (χ4v) is 2.23. The van der Waals surface area contributed by atoms with Crippen molar-refractivity contribution in [1.29, 1.82) is 0 Å². The van der Waals surface area contributed by atoms with Gasteiger partial charge in [-0.25, -0.2) is 0 Å². The number of hydrogen-bond acceptors (Lipinski definition) is 3. The second-order valence-corrected chi connectivity index (χ2v) is 4.83. The van der Waals surface area contributed by atoms with E-state index in [9.17, 15) is 5.11 Å². The molecule has 1 heterocycles. The molecule has 0 unspecified atom stereocenters. The Hall–Kier alpha value is -1.52. The Labute approximate surface area is 107 Å². The van der Waals surface area contributed by atoms with E-state index in [2.05, 4.69) is 9.88 Å². The number of rotatable bonds is 5. The van der Waals surface area contributed by atoms with E-state index in [0.29, 0.717) is 12.2 Å². The lowest BCUT2D eigenvalue weighted by atomic mass is 10.0. The van der Waals surface area contributed by atoms with Crippen molar-refractivity contribution in [2.45, 2.75) is 12.8 Å². The predicted octanol–water partition coefficient (Wildman–Crippen LogP) is 1.51. The molecule has 0 atom stereocenters. The average Bonchev–Trinajstić information content (AvgIpc) is 2.75. The van der Waals surface area contributed by atoms with Crippen LogP contribution in [0.4, 0.5) is 0 Å². The normalized spacial score (nSPS) is 11.6. The largest absolute Gasteiger partial charge is 0.507 e. The van der Waals surface area contributed by atoms with Crippen molar-refractivity contribution in [2.75, 3.05) is 27.2 Å². The first-order valence-electron chi connectivity index (χ1n) is 6.20. The molecule has 0 saturated heterocycles. The minimum absolute atomic E-state index is 0.117. The lowest BCUT2D eigenvalue weighted by Gasteiger charge is -2.09. The molecule has 0 aliphatic carbocycles. The number of benzene rings is 1. The van der Waals surface area contributed by atoms with Gasteiger partial charge in [-0.2, -0.15) is 0 Å². The second-order valence-electron chi connectivity index (χ2n) is 4.83. The van der Waals surface area contributed by atoms with Crippen molar-refractivity contribution in [3.8, 4) is 5.75 Å². The van der Waals surface area contributed by atoms with E-state index in [0.717, 1.165) is 35.0 Å². The van der Waals surface area contributed by atoms with Crippen LogP contribution in [0, 0.1) is 0 Å². The molecule has 0 spiro atoms. The van der Waals surface area contributed by atoms with E-state index >= 15 is 0 Å². The smallest absolute Gasteiger partial charge is 0.125 e. The van der Waals surface area contributed by atoms with E-state index < -0.39 is 0 Å². The number of aliphatic hydroxyl groups is 1. The van der Waals surface area contributed by atoms with Gasteiger partial charge < -0.3 is 20.1 Å². The highest BCUT2D eigenvalue weighted by Crippen LogP contribution is 2.30. The summed E-state index contributed by atoms with van der Waals surface area (Å²) in [7, 11) is 4.07. The summed E-state index contributed by atoms with van der Waals surface area (Å²) < 4.78 is 0. The first-order valence-corrected chi connectivity index (χ1v) is 6.20. The lowest BCUT2D eigenvalue weighted by molar-refractivity contribution is 0.300. The van der Waals surface area contributed by atoms with Gasteiger partial charge in [-0.3, -0.25) is 0 Å². The molecule has 0 amide bonds. The third kappa shape index (κ3) is 2.49. The predicted molar refractivity (Wildman–Crippen MR) is 73.0 cm³/mol. The summed E-state index contributed by atoms with van der Waals surface area (Å²) in [5, 5.41) is 19.9. The van der Waals surface area contributed by atoms with Gasteiger partial charge in [0.05, 0.1) is 5.52 Å². The van der Waals surface area contributed by atoms with Crippen molar-refractivity contribution in [2.24, 2.45) is 0 Å². The van der Waals surface area contributed by atoms with E-state index in [4.69, 9.17) is 5.11 Å². The molecule has 0 aliphatic rings. The molecular formula is C14H20N2O2. The highest BCUT2D eigenvalue weighted by atomic mass is 16.3. The minimum Gasteiger partial charge on any atom is -0.507 e. The standard InChI is InChI=1S/C14H20N2O2/c1-16(2)7-5-11-9-15-14-10(6-8-17)3-4-12(18)13(11)14/h3-4,9,15,17-18H,5-8H2,1-2H3. The molecule has 4 nitrogen and oxygen atoms in total. The Kier molecular flexibility index (Phi) is 3.89. The van der Waals surface area contributed by atoms with E-state index in [1.165, 1.54) is 0 Å². The van der Waals surface area contributed by atoms with Gasteiger partial charge in [0.15, 0.2) is 0 Å². The van der Waals surface area contributed by atoms with Crippen LogP contribution in [0.25, 0.3) is 10.9 Å². The van der Waals surface area contributed by atoms with Crippen LogP contribution < -0.4 is 0 Å². The number of aliphatic hydroxyl groups excluding tert-OH is 1. The summed E-state index contributed by atoms with van der Waals surface area (Å²) in [6.45, 7) is 1.06. The van der Waals surface area contributed by atoms with Gasteiger partial charge in [-0.1, -0.05) is 6.07 Å². The number of hydrogen-bond donors (Lipinski definition) is 3. The van der Waals surface area contributed by atoms with Gasteiger partial charge in [-0.15, -0.1) is 0 Å². The second kappa shape index (κ2) is 5.42. The fourth-order valence-electron chi connectivity index (χ4n) is 2.23. The Balaban J connectivity index is 2.41. The summed E-state index contributed by atoms with van der Waals surface area (Å²) in [6, 6.07) is 3.57. The number of fused-ring (bicyclic) bond motifs is 1. The average molecular weight is 248 g/mol. The van der Waals surface area contributed by atoms with Gasteiger partial charge >= 0.3 is 0 Å². The number of nitrogens with zero attached hydrogens (tertiary/aromatic N) is 1. The number of aromatic nitrogens is 1. The molecule has 98 valence electrons. The Morgan fingerprint density at radius 2 is 1.94 bits per heavy atom. The maximum Gasteiger partial charge on any atom is 0.125 e. The Morgan fingerprint density at radius 1 is 1.17 bits per heavy atom. The zero-order valence-electron chi connectivity index (χ0n) is 10.9. The van der Waals surface area contributed by atoms with Crippen LogP contribution in [0.2, 0.25) is 0 Å². The van der Waals surface area contributed by atoms with Gasteiger partial charge in [0.1, 0.15) is 5.75 Å². The van der Waals surface area contributed by atoms with Crippen LogP contribution in [-0.4, -0.2) is 47.3 Å². The van der Waals surface area contributed by atoms with E-state index in [-0.39, 0.29) is 6.61 Å². The highest BCUT2D eigenvalue weighted by Gasteiger charge is 2.11. The van der Waals surface area contributed by atoms with E-state index in [1.807, 2.05) is 26.4 Å². The molecule has 0 bridgehead atoms. The summed E-state index contributed by atoms with van der Waals surface area (Å²) in [6.07, 6.45) is 3.45.